The summed E-state index contributed by atoms with van der Waals surface area (Å²) in [6.07, 6.45) is 2.92. The van der Waals surface area contributed by atoms with Crippen LogP contribution in [0.4, 0.5) is 4.79 Å². The number of amides is 3. The maximum absolute atomic E-state index is 12.3. The van der Waals surface area contributed by atoms with Gasteiger partial charge in [-0.25, -0.2) is 4.79 Å². The van der Waals surface area contributed by atoms with E-state index in [4.69, 9.17) is 4.52 Å². The van der Waals surface area contributed by atoms with Gasteiger partial charge in [-0.1, -0.05) is 36.3 Å². The highest BCUT2D eigenvalue weighted by Gasteiger charge is 2.44. The highest BCUT2D eigenvalue weighted by Crippen LogP contribution is 2.30. The summed E-state index contributed by atoms with van der Waals surface area (Å²) in [7, 11) is 0. The van der Waals surface area contributed by atoms with Crippen LogP contribution in [0.15, 0.2) is 28.8 Å². The average Bonchev–Trinajstić information content (AvgIpc) is 3.28. The van der Waals surface area contributed by atoms with E-state index < -0.39 is 0 Å². The predicted molar refractivity (Wildman–Crippen MR) is 84.8 cm³/mol. The van der Waals surface area contributed by atoms with Crippen molar-refractivity contribution in [3.63, 3.8) is 0 Å². The molecule has 0 unspecified atom stereocenters. The first kappa shape index (κ1) is 14.9. The molecule has 2 aliphatic rings. The molecule has 0 spiro atoms. The van der Waals surface area contributed by atoms with Crippen LogP contribution >= 0.6 is 0 Å². The molecule has 7 nitrogen and oxygen atoms in total. The van der Waals surface area contributed by atoms with Crippen molar-refractivity contribution in [1.29, 1.82) is 0 Å². The first-order valence-corrected chi connectivity index (χ1v) is 8.18. The lowest BCUT2D eigenvalue weighted by atomic mass is 10.1. The maximum Gasteiger partial charge on any atom is 0.327 e. The molecule has 4 rings (SSSR count). The van der Waals surface area contributed by atoms with E-state index in [1.807, 2.05) is 24.3 Å². The summed E-state index contributed by atoms with van der Waals surface area (Å²) in [6, 6.07) is 7.89. The van der Waals surface area contributed by atoms with Crippen molar-refractivity contribution in [3.8, 4) is 11.4 Å². The van der Waals surface area contributed by atoms with E-state index in [-0.39, 0.29) is 37.0 Å². The highest BCUT2D eigenvalue weighted by atomic mass is 16.5. The van der Waals surface area contributed by atoms with Crippen LogP contribution in [0.2, 0.25) is 0 Å². The third-order valence-corrected chi connectivity index (χ3v) is 4.45. The molecule has 2 fully saturated rings. The second kappa shape index (κ2) is 5.74. The van der Waals surface area contributed by atoms with Crippen molar-refractivity contribution in [2.75, 3.05) is 6.54 Å². The zero-order valence-corrected chi connectivity index (χ0v) is 13.4. The molecular formula is C17H18N4O3. The summed E-state index contributed by atoms with van der Waals surface area (Å²) in [5.41, 5.74) is 2.08. The molecule has 3 amide bonds. The summed E-state index contributed by atoms with van der Waals surface area (Å²) in [6.45, 7) is 2.28. The van der Waals surface area contributed by atoms with E-state index in [1.165, 1.54) is 10.5 Å². The number of hydrogen-bond acceptors (Lipinski definition) is 5. The smallest absolute Gasteiger partial charge is 0.327 e. The zero-order valence-electron chi connectivity index (χ0n) is 13.4. The van der Waals surface area contributed by atoms with Gasteiger partial charge in [0.1, 0.15) is 13.1 Å². The molecule has 1 aromatic carbocycles. The lowest BCUT2D eigenvalue weighted by molar-refractivity contribution is -0.126. The van der Waals surface area contributed by atoms with E-state index in [9.17, 15) is 9.59 Å². The second-order valence-electron chi connectivity index (χ2n) is 6.18. The molecular weight excluding hydrogens is 308 g/mol. The Morgan fingerprint density at radius 2 is 1.96 bits per heavy atom. The van der Waals surface area contributed by atoms with Crippen LogP contribution in [-0.2, 0) is 17.8 Å². The topological polar surface area (TPSA) is 79.5 Å². The molecule has 1 saturated carbocycles. The number of carbonyl (C=O) groups is 2. The van der Waals surface area contributed by atoms with Crippen molar-refractivity contribution in [2.24, 2.45) is 0 Å². The summed E-state index contributed by atoms with van der Waals surface area (Å²) < 4.78 is 5.22. The number of carbonyl (C=O) groups excluding carboxylic acids is 2. The minimum Gasteiger partial charge on any atom is -0.337 e. The van der Waals surface area contributed by atoms with Crippen LogP contribution in [0, 0.1) is 0 Å². The monoisotopic (exact) mass is 326 g/mol. The number of nitrogens with zero attached hydrogens (tertiary/aromatic N) is 4. The minimum atomic E-state index is -0.255. The fourth-order valence-electron chi connectivity index (χ4n) is 2.85. The summed E-state index contributed by atoms with van der Waals surface area (Å²) in [5.74, 6) is 0.522. The van der Waals surface area contributed by atoms with Crippen LogP contribution in [0.25, 0.3) is 11.4 Å². The Kier molecular flexibility index (Phi) is 3.55. The van der Waals surface area contributed by atoms with Gasteiger partial charge in [-0.3, -0.25) is 9.69 Å². The number of benzene rings is 1. The molecule has 2 aromatic rings. The fourth-order valence-corrected chi connectivity index (χ4v) is 2.85. The zero-order chi connectivity index (χ0) is 16.7. The van der Waals surface area contributed by atoms with Crippen molar-refractivity contribution >= 4 is 11.9 Å². The number of aromatic nitrogens is 2. The van der Waals surface area contributed by atoms with Gasteiger partial charge in [0.25, 0.3) is 5.91 Å². The molecule has 7 heteroatoms. The second-order valence-corrected chi connectivity index (χ2v) is 6.18. The molecule has 1 saturated heterocycles. The van der Waals surface area contributed by atoms with Crippen LogP contribution in [-0.4, -0.2) is 44.5 Å². The molecule has 0 atom stereocenters. The van der Waals surface area contributed by atoms with Gasteiger partial charge in [0.15, 0.2) is 0 Å². The van der Waals surface area contributed by atoms with Crippen molar-refractivity contribution in [3.05, 3.63) is 35.7 Å². The van der Waals surface area contributed by atoms with E-state index >= 15 is 0 Å². The van der Waals surface area contributed by atoms with Gasteiger partial charge in [0, 0.05) is 11.6 Å². The Morgan fingerprint density at radius 1 is 1.21 bits per heavy atom. The Bertz CT molecular complexity index is 779. The molecule has 1 aromatic heterocycles. The molecule has 1 aliphatic heterocycles. The molecule has 0 bridgehead atoms. The number of urea groups is 1. The van der Waals surface area contributed by atoms with Crippen LogP contribution in [0.1, 0.15) is 31.2 Å². The van der Waals surface area contributed by atoms with Gasteiger partial charge in [0.2, 0.25) is 11.7 Å². The molecule has 0 radical (unpaired) electrons. The number of hydrogen-bond donors (Lipinski definition) is 0. The van der Waals surface area contributed by atoms with Gasteiger partial charge in [-0.2, -0.15) is 4.98 Å². The number of imide groups is 1. The third kappa shape index (κ3) is 2.66. The van der Waals surface area contributed by atoms with E-state index in [2.05, 4.69) is 17.1 Å². The number of rotatable bonds is 5. The lowest BCUT2D eigenvalue weighted by Crippen LogP contribution is -2.33. The fraction of sp³-hybridized carbons (Fsp3) is 0.412. The Balaban J connectivity index is 1.48. The summed E-state index contributed by atoms with van der Waals surface area (Å²) in [4.78, 5) is 31.5. The van der Waals surface area contributed by atoms with Gasteiger partial charge < -0.3 is 9.42 Å². The quantitative estimate of drug-likeness (QED) is 0.787. The number of aryl methyl sites for hydroxylation is 1. The van der Waals surface area contributed by atoms with Crippen LogP contribution in [0.3, 0.4) is 0 Å². The summed E-state index contributed by atoms with van der Waals surface area (Å²) in [5, 5.41) is 3.95. The lowest BCUT2D eigenvalue weighted by Gasteiger charge is -2.14. The highest BCUT2D eigenvalue weighted by molar-refractivity contribution is 6.02. The van der Waals surface area contributed by atoms with Crippen molar-refractivity contribution in [2.45, 2.75) is 38.8 Å². The molecule has 124 valence electrons. The SMILES string of the molecule is CCc1ccc(-c2noc(CN3C(=O)CN(C4CC4)C3=O)n2)cc1. The van der Waals surface area contributed by atoms with E-state index in [1.54, 1.807) is 4.90 Å². The molecule has 0 N–H and O–H groups in total. The van der Waals surface area contributed by atoms with Gasteiger partial charge in [0.05, 0.1) is 0 Å². The standard InChI is InChI=1S/C17H18N4O3/c1-2-11-3-5-12(6-4-11)16-18-14(24-19-16)9-21-15(22)10-20(17(21)23)13-7-8-13/h3-6,13H,2,7-10H2,1H3. The van der Waals surface area contributed by atoms with Gasteiger partial charge >= 0.3 is 6.03 Å². The normalized spacial score (nSPS) is 17.9. The van der Waals surface area contributed by atoms with Crippen molar-refractivity contribution in [1.82, 2.24) is 19.9 Å². The maximum atomic E-state index is 12.3. The average molecular weight is 326 g/mol. The Morgan fingerprint density at radius 3 is 2.62 bits per heavy atom. The Hall–Kier alpha value is -2.70. The first-order valence-electron chi connectivity index (χ1n) is 8.18. The van der Waals surface area contributed by atoms with E-state index in [0.717, 1.165) is 24.8 Å². The summed E-state index contributed by atoms with van der Waals surface area (Å²) >= 11 is 0. The predicted octanol–water partition coefficient (Wildman–Crippen LogP) is 2.23. The third-order valence-electron chi connectivity index (χ3n) is 4.45. The first-order chi connectivity index (χ1) is 11.7. The van der Waals surface area contributed by atoms with Gasteiger partial charge in [-0.05, 0) is 24.8 Å². The van der Waals surface area contributed by atoms with E-state index in [0.29, 0.717) is 5.82 Å². The molecule has 24 heavy (non-hydrogen) atoms. The van der Waals surface area contributed by atoms with Gasteiger partial charge in [-0.15, -0.1) is 0 Å². The molecule has 2 heterocycles. The minimum absolute atomic E-state index is 0.0287. The largest absolute Gasteiger partial charge is 0.337 e. The van der Waals surface area contributed by atoms with Crippen LogP contribution < -0.4 is 0 Å². The van der Waals surface area contributed by atoms with Crippen molar-refractivity contribution < 1.29 is 14.1 Å². The molecule has 1 aliphatic carbocycles. The Labute approximate surface area is 139 Å². The van der Waals surface area contributed by atoms with Crippen LogP contribution in [0.5, 0.6) is 0 Å².